The van der Waals surface area contributed by atoms with Gasteiger partial charge < -0.3 is 5.32 Å². The van der Waals surface area contributed by atoms with Crippen molar-refractivity contribution in [1.82, 2.24) is 0 Å². The minimum atomic E-state index is -0.288. The molecule has 0 spiro atoms. The van der Waals surface area contributed by atoms with E-state index in [0.717, 1.165) is 23.7 Å². The summed E-state index contributed by atoms with van der Waals surface area (Å²) in [7, 11) is 0. The lowest BCUT2D eigenvalue weighted by atomic mass is 9.89. The SMILES string of the molecule is O=[N+]([O-])c1cccc2c1NCC2CC1CCCC1. The number of hydrogen-bond acceptors (Lipinski definition) is 3. The number of para-hydroxylation sites is 1. The zero-order chi connectivity index (χ0) is 12.5. The lowest BCUT2D eigenvalue weighted by Crippen LogP contribution is -2.07. The van der Waals surface area contributed by atoms with Gasteiger partial charge in [-0.1, -0.05) is 37.8 Å². The number of nitro groups is 1. The number of anilines is 1. The maximum Gasteiger partial charge on any atom is 0.292 e. The van der Waals surface area contributed by atoms with Crippen molar-refractivity contribution in [3.05, 3.63) is 33.9 Å². The predicted molar refractivity (Wildman–Crippen MR) is 70.9 cm³/mol. The molecule has 0 bridgehead atoms. The minimum Gasteiger partial charge on any atom is -0.379 e. The van der Waals surface area contributed by atoms with Crippen LogP contribution >= 0.6 is 0 Å². The molecule has 1 N–H and O–H groups in total. The van der Waals surface area contributed by atoms with Gasteiger partial charge in [-0.15, -0.1) is 0 Å². The molecule has 1 fully saturated rings. The lowest BCUT2D eigenvalue weighted by Gasteiger charge is -2.15. The molecule has 2 aliphatic rings. The van der Waals surface area contributed by atoms with Crippen molar-refractivity contribution >= 4 is 11.4 Å². The second-order valence-corrected chi connectivity index (χ2v) is 5.46. The van der Waals surface area contributed by atoms with Gasteiger partial charge in [-0.25, -0.2) is 0 Å². The molecule has 1 atom stereocenters. The molecule has 1 saturated carbocycles. The Balaban J connectivity index is 1.83. The van der Waals surface area contributed by atoms with Gasteiger partial charge in [0, 0.05) is 18.5 Å². The van der Waals surface area contributed by atoms with Crippen molar-refractivity contribution in [1.29, 1.82) is 0 Å². The molecule has 4 nitrogen and oxygen atoms in total. The maximum absolute atomic E-state index is 11.0. The number of benzene rings is 1. The van der Waals surface area contributed by atoms with Crippen molar-refractivity contribution in [3.8, 4) is 0 Å². The highest BCUT2D eigenvalue weighted by molar-refractivity contribution is 5.70. The molecular weight excluding hydrogens is 228 g/mol. The molecule has 1 aliphatic carbocycles. The van der Waals surface area contributed by atoms with Crippen molar-refractivity contribution in [2.75, 3.05) is 11.9 Å². The summed E-state index contributed by atoms with van der Waals surface area (Å²) in [4.78, 5) is 10.7. The third kappa shape index (κ3) is 1.96. The van der Waals surface area contributed by atoms with Crippen LogP contribution in [0.25, 0.3) is 0 Å². The van der Waals surface area contributed by atoms with Gasteiger partial charge in [0.15, 0.2) is 0 Å². The Hall–Kier alpha value is -1.58. The highest BCUT2D eigenvalue weighted by atomic mass is 16.6. The molecular formula is C14H18N2O2. The molecule has 18 heavy (non-hydrogen) atoms. The normalized spacial score (nSPS) is 22.8. The largest absolute Gasteiger partial charge is 0.379 e. The highest BCUT2D eigenvalue weighted by Gasteiger charge is 2.30. The number of fused-ring (bicyclic) bond motifs is 1. The van der Waals surface area contributed by atoms with Crippen molar-refractivity contribution in [2.24, 2.45) is 5.92 Å². The van der Waals surface area contributed by atoms with Crippen LogP contribution in [0.5, 0.6) is 0 Å². The summed E-state index contributed by atoms with van der Waals surface area (Å²) >= 11 is 0. The Bertz CT molecular complexity index is 467. The van der Waals surface area contributed by atoms with Crippen LogP contribution in [0.1, 0.15) is 43.6 Å². The number of nitrogens with zero attached hydrogens (tertiary/aromatic N) is 1. The summed E-state index contributed by atoms with van der Waals surface area (Å²) in [5.74, 6) is 1.28. The van der Waals surface area contributed by atoms with E-state index in [1.165, 1.54) is 32.1 Å². The summed E-state index contributed by atoms with van der Waals surface area (Å²) in [6, 6.07) is 5.44. The van der Waals surface area contributed by atoms with Crippen LogP contribution in [-0.4, -0.2) is 11.5 Å². The summed E-state index contributed by atoms with van der Waals surface area (Å²) in [6.07, 6.45) is 6.56. The van der Waals surface area contributed by atoms with Crippen LogP contribution in [-0.2, 0) is 0 Å². The first-order valence-electron chi connectivity index (χ1n) is 6.77. The molecule has 1 aromatic rings. The summed E-state index contributed by atoms with van der Waals surface area (Å²) in [5, 5.41) is 14.2. The fourth-order valence-corrected chi connectivity index (χ4v) is 3.44. The third-order valence-electron chi connectivity index (χ3n) is 4.33. The van der Waals surface area contributed by atoms with Gasteiger partial charge in [0.1, 0.15) is 5.69 Å². The maximum atomic E-state index is 11.0. The molecule has 0 saturated heterocycles. The van der Waals surface area contributed by atoms with Gasteiger partial charge in [-0.3, -0.25) is 10.1 Å². The van der Waals surface area contributed by atoms with E-state index in [-0.39, 0.29) is 10.6 Å². The fourth-order valence-electron chi connectivity index (χ4n) is 3.44. The number of nitro benzene ring substituents is 1. The molecule has 3 rings (SSSR count). The number of nitrogens with one attached hydrogen (secondary N) is 1. The monoisotopic (exact) mass is 246 g/mol. The number of rotatable bonds is 3. The van der Waals surface area contributed by atoms with Gasteiger partial charge in [0.25, 0.3) is 5.69 Å². The fraction of sp³-hybridized carbons (Fsp3) is 0.571. The average molecular weight is 246 g/mol. The van der Waals surface area contributed by atoms with E-state index in [1.807, 2.05) is 12.1 Å². The highest BCUT2D eigenvalue weighted by Crippen LogP contribution is 2.43. The topological polar surface area (TPSA) is 55.2 Å². The quantitative estimate of drug-likeness (QED) is 0.653. The van der Waals surface area contributed by atoms with Crippen molar-refractivity contribution in [2.45, 2.75) is 38.0 Å². The van der Waals surface area contributed by atoms with Crippen LogP contribution in [0.4, 0.5) is 11.4 Å². The van der Waals surface area contributed by atoms with E-state index >= 15 is 0 Å². The molecule has 0 radical (unpaired) electrons. The lowest BCUT2D eigenvalue weighted by molar-refractivity contribution is -0.383. The Labute approximate surface area is 107 Å². The average Bonchev–Trinajstić information content (AvgIpc) is 2.99. The second-order valence-electron chi connectivity index (χ2n) is 5.46. The molecule has 96 valence electrons. The van der Waals surface area contributed by atoms with E-state index < -0.39 is 0 Å². The van der Waals surface area contributed by atoms with Gasteiger partial charge in [-0.2, -0.15) is 0 Å². The van der Waals surface area contributed by atoms with E-state index in [2.05, 4.69) is 5.32 Å². The van der Waals surface area contributed by atoms with E-state index in [0.29, 0.717) is 5.92 Å². The van der Waals surface area contributed by atoms with Crippen LogP contribution < -0.4 is 5.32 Å². The van der Waals surface area contributed by atoms with E-state index in [1.54, 1.807) is 6.07 Å². The third-order valence-corrected chi connectivity index (χ3v) is 4.33. The van der Waals surface area contributed by atoms with Gasteiger partial charge in [0.2, 0.25) is 0 Å². The molecule has 1 unspecified atom stereocenters. The van der Waals surface area contributed by atoms with Gasteiger partial charge >= 0.3 is 0 Å². The van der Waals surface area contributed by atoms with E-state index in [9.17, 15) is 10.1 Å². The standard InChI is InChI=1S/C14H18N2O2/c17-16(18)13-7-3-6-12-11(9-15-14(12)13)8-10-4-1-2-5-10/h3,6-7,10-11,15H,1-2,4-5,8-9H2. The zero-order valence-corrected chi connectivity index (χ0v) is 10.4. The molecule has 0 aromatic heterocycles. The molecule has 1 aliphatic heterocycles. The Morgan fingerprint density at radius 3 is 2.83 bits per heavy atom. The summed E-state index contributed by atoms with van der Waals surface area (Å²) in [6.45, 7) is 0.858. The van der Waals surface area contributed by atoms with Crippen LogP contribution in [0.3, 0.4) is 0 Å². The Kier molecular flexibility index (Phi) is 2.94. The van der Waals surface area contributed by atoms with Gasteiger partial charge in [0.05, 0.1) is 4.92 Å². The molecule has 0 amide bonds. The van der Waals surface area contributed by atoms with Crippen LogP contribution in [0, 0.1) is 16.0 Å². The first-order chi connectivity index (χ1) is 8.75. The van der Waals surface area contributed by atoms with Crippen LogP contribution in [0.2, 0.25) is 0 Å². The Morgan fingerprint density at radius 1 is 1.33 bits per heavy atom. The Morgan fingerprint density at radius 2 is 2.11 bits per heavy atom. The first-order valence-corrected chi connectivity index (χ1v) is 6.77. The minimum absolute atomic E-state index is 0.224. The smallest absolute Gasteiger partial charge is 0.292 e. The van der Waals surface area contributed by atoms with Crippen molar-refractivity contribution in [3.63, 3.8) is 0 Å². The van der Waals surface area contributed by atoms with Gasteiger partial charge in [-0.05, 0) is 17.9 Å². The predicted octanol–water partition coefficient (Wildman–Crippen LogP) is 3.68. The first kappa shape index (κ1) is 11.5. The second kappa shape index (κ2) is 4.59. The zero-order valence-electron chi connectivity index (χ0n) is 10.4. The summed E-state index contributed by atoms with van der Waals surface area (Å²) < 4.78 is 0. The molecule has 1 heterocycles. The molecule has 4 heteroatoms. The number of hydrogen-bond donors (Lipinski definition) is 1. The van der Waals surface area contributed by atoms with Crippen LogP contribution in [0.15, 0.2) is 18.2 Å². The van der Waals surface area contributed by atoms with E-state index in [4.69, 9.17) is 0 Å². The van der Waals surface area contributed by atoms with Crippen molar-refractivity contribution < 1.29 is 4.92 Å². The molecule has 1 aromatic carbocycles. The summed E-state index contributed by atoms with van der Waals surface area (Å²) in [5.41, 5.74) is 2.13.